The molecule has 1 heterocycles. The van der Waals surface area contributed by atoms with Gasteiger partial charge in [0.25, 0.3) is 0 Å². The summed E-state index contributed by atoms with van der Waals surface area (Å²) < 4.78 is 0. The molecule has 1 saturated carbocycles. The van der Waals surface area contributed by atoms with Crippen LogP contribution in [0.25, 0.3) is 0 Å². The predicted molar refractivity (Wildman–Crippen MR) is 70.3 cm³/mol. The lowest BCUT2D eigenvalue weighted by molar-refractivity contribution is 0.0738. The minimum atomic E-state index is 0.320. The topological polar surface area (TPSA) is 41.1 Å². The molecule has 17 heavy (non-hydrogen) atoms. The summed E-state index contributed by atoms with van der Waals surface area (Å²) in [6, 6.07) is 0. The molecule has 1 fully saturated rings. The van der Waals surface area contributed by atoms with Gasteiger partial charge >= 0.3 is 0 Å². The number of anilines is 1. The molecule has 94 valence electrons. The van der Waals surface area contributed by atoms with Crippen LogP contribution in [0.2, 0.25) is 0 Å². The van der Waals surface area contributed by atoms with E-state index in [0.29, 0.717) is 5.54 Å². The minimum absolute atomic E-state index is 0.320. The maximum atomic E-state index is 4.50. The predicted octanol–water partition coefficient (Wildman–Crippen LogP) is 1.99. The van der Waals surface area contributed by atoms with E-state index in [0.717, 1.165) is 23.8 Å². The standard InChI is InChI=1S/C13H22N4/c1-10-11(2)16-12(8-14-10)15-9-13(17(3)4)6-5-7-13/h8H,5-7,9H2,1-4H3,(H,15,16). The molecule has 0 bridgehead atoms. The normalized spacial score (nSPS) is 17.9. The number of hydrogen-bond acceptors (Lipinski definition) is 4. The summed E-state index contributed by atoms with van der Waals surface area (Å²) in [7, 11) is 4.32. The summed E-state index contributed by atoms with van der Waals surface area (Å²) in [5.41, 5.74) is 2.32. The van der Waals surface area contributed by atoms with Crippen molar-refractivity contribution >= 4 is 5.82 Å². The van der Waals surface area contributed by atoms with Crippen molar-refractivity contribution in [1.29, 1.82) is 0 Å². The molecule has 4 nitrogen and oxygen atoms in total. The van der Waals surface area contributed by atoms with E-state index >= 15 is 0 Å². The summed E-state index contributed by atoms with van der Waals surface area (Å²) in [4.78, 5) is 11.2. The van der Waals surface area contributed by atoms with Crippen molar-refractivity contribution in [3.8, 4) is 0 Å². The molecule has 0 radical (unpaired) electrons. The van der Waals surface area contributed by atoms with E-state index < -0.39 is 0 Å². The molecule has 0 spiro atoms. The summed E-state index contributed by atoms with van der Waals surface area (Å²) in [6.45, 7) is 4.94. The van der Waals surface area contributed by atoms with Crippen molar-refractivity contribution in [2.45, 2.75) is 38.6 Å². The fourth-order valence-electron chi connectivity index (χ4n) is 2.25. The van der Waals surface area contributed by atoms with Crippen molar-refractivity contribution < 1.29 is 0 Å². The van der Waals surface area contributed by atoms with Gasteiger partial charge in [0.05, 0.1) is 17.6 Å². The van der Waals surface area contributed by atoms with Crippen LogP contribution in [0.5, 0.6) is 0 Å². The molecule has 0 aliphatic heterocycles. The molecule has 4 heteroatoms. The SMILES string of the molecule is Cc1ncc(NCC2(N(C)C)CCC2)nc1C. The molecular formula is C13H22N4. The highest BCUT2D eigenvalue weighted by molar-refractivity contribution is 5.34. The first kappa shape index (κ1) is 12.3. The molecular weight excluding hydrogens is 212 g/mol. The first-order valence-electron chi connectivity index (χ1n) is 6.25. The van der Waals surface area contributed by atoms with Crippen LogP contribution < -0.4 is 5.32 Å². The van der Waals surface area contributed by atoms with Crippen LogP contribution in [0.1, 0.15) is 30.7 Å². The Hall–Kier alpha value is -1.16. The zero-order chi connectivity index (χ0) is 12.5. The number of likely N-dealkylation sites (N-methyl/N-ethyl adjacent to an activating group) is 1. The third-order valence-corrected chi connectivity index (χ3v) is 4.02. The van der Waals surface area contributed by atoms with Crippen LogP contribution in [0.3, 0.4) is 0 Å². The summed E-state index contributed by atoms with van der Waals surface area (Å²) in [6.07, 6.45) is 5.69. The molecule has 0 atom stereocenters. The maximum Gasteiger partial charge on any atom is 0.144 e. The molecule has 1 N–H and O–H groups in total. The second kappa shape index (κ2) is 4.61. The Morgan fingerprint density at radius 3 is 2.47 bits per heavy atom. The van der Waals surface area contributed by atoms with Gasteiger partial charge in [0, 0.05) is 12.1 Å². The van der Waals surface area contributed by atoms with E-state index in [2.05, 4.69) is 34.3 Å². The van der Waals surface area contributed by atoms with Gasteiger partial charge in [0.1, 0.15) is 5.82 Å². The number of rotatable bonds is 4. The van der Waals surface area contributed by atoms with Gasteiger partial charge in [0.15, 0.2) is 0 Å². The minimum Gasteiger partial charge on any atom is -0.367 e. The highest BCUT2D eigenvalue weighted by atomic mass is 15.2. The van der Waals surface area contributed by atoms with Crippen molar-refractivity contribution in [2.75, 3.05) is 26.0 Å². The second-order valence-corrected chi connectivity index (χ2v) is 5.25. The highest BCUT2D eigenvalue weighted by Crippen LogP contribution is 2.36. The average Bonchev–Trinajstić information content (AvgIpc) is 2.21. The zero-order valence-corrected chi connectivity index (χ0v) is 11.2. The molecule has 1 aromatic rings. The number of nitrogens with one attached hydrogen (secondary N) is 1. The molecule has 1 aromatic heterocycles. The fraction of sp³-hybridized carbons (Fsp3) is 0.692. The Morgan fingerprint density at radius 2 is 2.00 bits per heavy atom. The van der Waals surface area contributed by atoms with E-state index in [-0.39, 0.29) is 0 Å². The van der Waals surface area contributed by atoms with Gasteiger partial charge in [0.2, 0.25) is 0 Å². The Balaban J connectivity index is 1.99. The highest BCUT2D eigenvalue weighted by Gasteiger charge is 2.38. The van der Waals surface area contributed by atoms with Crippen LogP contribution in [0.15, 0.2) is 6.20 Å². The van der Waals surface area contributed by atoms with E-state index in [4.69, 9.17) is 0 Å². The Labute approximate surface area is 103 Å². The van der Waals surface area contributed by atoms with Crippen molar-refractivity contribution in [2.24, 2.45) is 0 Å². The van der Waals surface area contributed by atoms with Crippen LogP contribution in [0, 0.1) is 13.8 Å². The Kier molecular flexibility index (Phi) is 3.33. The summed E-state index contributed by atoms with van der Waals surface area (Å²) >= 11 is 0. The van der Waals surface area contributed by atoms with Crippen LogP contribution in [-0.2, 0) is 0 Å². The van der Waals surface area contributed by atoms with Crippen molar-refractivity contribution in [3.05, 3.63) is 17.6 Å². The maximum absolute atomic E-state index is 4.50. The van der Waals surface area contributed by atoms with Gasteiger partial charge in [-0.25, -0.2) is 4.98 Å². The largest absolute Gasteiger partial charge is 0.367 e. The van der Waals surface area contributed by atoms with E-state index in [9.17, 15) is 0 Å². The lowest BCUT2D eigenvalue weighted by atomic mass is 9.75. The molecule has 0 saturated heterocycles. The first-order valence-corrected chi connectivity index (χ1v) is 6.25. The summed E-state index contributed by atoms with van der Waals surface area (Å²) in [5.74, 6) is 0.890. The van der Waals surface area contributed by atoms with E-state index in [1.165, 1.54) is 19.3 Å². The van der Waals surface area contributed by atoms with Crippen molar-refractivity contribution in [1.82, 2.24) is 14.9 Å². The number of aromatic nitrogens is 2. The Morgan fingerprint density at radius 1 is 1.29 bits per heavy atom. The molecule has 1 aliphatic carbocycles. The van der Waals surface area contributed by atoms with E-state index in [1.54, 1.807) is 0 Å². The Bertz CT molecular complexity index is 396. The van der Waals surface area contributed by atoms with Gasteiger partial charge in [-0.1, -0.05) is 0 Å². The average molecular weight is 234 g/mol. The smallest absolute Gasteiger partial charge is 0.144 e. The quantitative estimate of drug-likeness (QED) is 0.865. The number of hydrogen-bond donors (Lipinski definition) is 1. The van der Waals surface area contributed by atoms with Gasteiger partial charge in [-0.15, -0.1) is 0 Å². The summed E-state index contributed by atoms with van der Waals surface area (Å²) in [5, 5.41) is 3.42. The zero-order valence-electron chi connectivity index (χ0n) is 11.2. The van der Waals surface area contributed by atoms with Crippen molar-refractivity contribution in [3.63, 3.8) is 0 Å². The molecule has 0 aromatic carbocycles. The first-order chi connectivity index (χ1) is 8.03. The molecule has 1 aliphatic rings. The monoisotopic (exact) mass is 234 g/mol. The number of aryl methyl sites for hydroxylation is 2. The van der Waals surface area contributed by atoms with Gasteiger partial charge in [-0.2, -0.15) is 0 Å². The molecule has 0 amide bonds. The van der Waals surface area contributed by atoms with Crippen LogP contribution in [-0.4, -0.2) is 41.0 Å². The third kappa shape index (κ3) is 2.41. The van der Waals surface area contributed by atoms with Gasteiger partial charge in [-0.3, -0.25) is 4.98 Å². The van der Waals surface area contributed by atoms with E-state index in [1.807, 2.05) is 20.0 Å². The van der Waals surface area contributed by atoms with Gasteiger partial charge < -0.3 is 10.2 Å². The lowest BCUT2D eigenvalue weighted by Gasteiger charge is -2.47. The van der Waals surface area contributed by atoms with Crippen LogP contribution in [0.4, 0.5) is 5.82 Å². The lowest BCUT2D eigenvalue weighted by Crippen LogP contribution is -2.54. The number of nitrogens with zero attached hydrogens (tertiary/aromatic N) is 3. The second-order valence-electron chi connectivity index (χ2n) is 5.25. The molecule has 0 unspecified atom stereocenters. The fourth-order valence-corrected chi connectivity index (χ4v) is 2.25. The molecule has 2 rings (SSSR count). The van der Waals surface area contributed by atoms with Crippen LogP contribution >= 0.6 is 0 Å². The van der Waals surface area contributed by atoms with Gasteiger partial charge in [-0.05, 0) is 47.2 Å². The third-order valence-electron chi connectivity index (χ3n) is 4.02.